The summed E-state index contributed by atoms with van der Waals surface area (Å²) in [6.45, 7) is 0. The van der Waals surface area contributed by atoms with Gasteiger partial charge in [-0.1, -0.05) is 6.07 Å². The molecule has 0 heterocycles. The van der Waals surface area contributed by atoms with Crippen molar-refractivity contribution < 1.29 is 32.4 Å². The van der Waals surface area contributed by atoms with Crippen LogP contribution in [-0.4, -0.2) is 14.7 Å². The fourth-order valence-electron chi connectivity index (χ4n) is 0.785. The number of hydrazine groups is 1. The van der Waals surface area contributed by atoms with E-state index < -0.39 is 19.6 Å². The Balaban J connectivity index is 0.000000437. The summed E-state index contributed by atoms with van der Waals surface area (Å²) in [6, 6.07) is 4.67. The van der Waals surface area contributed by atoms with Gasteiger partial charge in [0.2, 0.25) is 0 Å². The van der Waals surface area contributed by atoms with Crippen LogP contribution in [0.1, 0.15) is 5.56 Å². The highest BCUT2D eigenvalue weighted by molar-refractivity contribution is 7.45. The molecule has 0 atom stereocenters. The topological polar surface area (TPSA) is 116 Å². The maximum Gasteiger partial charge on any atom is 0.466 e. The van der Waals surface area contributed by atoms with Crippen LogP contribution in [0.2, 0.25) is 0 Å². The van der Waals surface area contributed by atoms with E-state index in [2.05, 4.69) is 5.43 Å². The summed E-state index contributed by atoms with van der Waals surface area (Å²) in [5, 5.41) is 0. The molecule has 6 N–H and O–H groups in total. The van der Waals surface area contributed by atoms with Gasteiger partial charge >= 0.3 is 14.0 Å². The molecule has 0 aliphatic rings. The minimum absolute atomic E-state index is 0.241. The van der Waals surface area contributed by atoms with E-state index in [1.54, 1.807) is 0 Å². The second-order valence-electron chi connectivity index (χ2n) is 2.74. The zero-order valence-corrected chi connectivity index (χ0v) is 9.11. The molecule has 0 bridgehead atoms. The van der Waals surface area contributed by atoms with Gasteiger partial charge in [0.25, 0.3) is 0 Å². The molecule has 0 spiro atoms. The summed E-state index contributed by atoms with van der Waals surface area (Å²) < 4.78 is 45.0. The molecule has 0 saturated carbocycles. The first-order valence-electron chi connectivity index (χ1n) is 3.96. The number of phosphoric acid groups is 1. The molecule has 98 valence electrons. The molecule has 0 fully saturated rings. The Morgan fingerprint density at radius 2 is 1.71 bits per heavy atom. The largest absolute Gasteiger partial charge is 0.466 e. The van der Waals surface area contributed by atoms with Crippen LogP contribution >= 0.6 is 7.82 Å². The molecule has 0 radical (unpaired) electrons. The lowest BCUT2D eigenvalue weighted by Crippen LogP contribution is -2.09. The monoisotopic (exact) mass is 274 g/mol. The summed E-state index contributed by atoms with van der Waals surface area (Å²) in [7, 11) is -4.64. The maximum absolute atomic E-state index is 12.0. The molecule has 10 heteroatoms. The molecule has 0 saturated heterocycles. The average molecular weight is 274 g/mol. The summed E-state index contributed by atoms with van der Waals surface area (Å²) in [4.78, 5) is 21.6. The molecule has 6 nitrogen and oxygen atoms in total. The van der Waals surface area contributed by atoms with Crippen LogP contribution in [0.4, 0.5) is 18.9 Å². The van der Waals surface area contributed by atoms with Crippen molar-refractivity contribution in [1.82, 2.24) is 0 Å². The number of nitrogen functional groups attached to an aromatic ring is 1. The van der Waals surface area contributed by atoms with Crippen molar-refractivity contribution >= 4 is 13.5 Å². The van der Waals surface area contributed by atoms with Crippen molar-refractivity contribution in [1.29, 1.82) is 0 Å². The Kier molecular flexibility index (Phi) is 5.59. The lowest BCUT2D eigenvalue weighted by atomic mass is 10.2. The summed E-state index contributed by atoms with van der Waals surface area (Å²) in [5.41, 5.74) is 1.67. The number of nitrogens with two attached hydrogens (primary N) is 1. The number of hydrogen-bond acceptors (Lipinski definition) is 3. The minimum atomic E-state index is -4.64. The van der Waals surface area contributed by atoms with E-state index in [0.29, 0.717) is 0 Å². The molecular formula is C7H10F3N2O4P. The second-order valence-corrected chi connectivity index (χ2v) is 3.76. The van der Waals surface area contributed by atoms with Gasteiger partial charge in [0.05, 0.1) is 5.56 Å². The van der Waals surface area contributed by atoms with Crippen molar-refractivity contribution in [2.24, 2.45) is 5.84 Å². The number of benzene rings is 1. The van der Waals surface area contributed by atoms with E-state index in [1.807, 2.05) is 0 Å². The van der Waals surface area contributed by atoms with Gasteiger partial charge in [-0.15, -0.1) is 0 Å². The molecule has 0 aromatic heterocycles. The summed E-state index contributed by atoms with van der Waals surface area (Å²) >= 11 is 0. The van der Waals surface area contributed by atoms with Gasteiger partial charge in [-0.2, -0.15) is 13.2 Å². The summed E-state index contributed by atoms with van der Waals surface area (Å²) in [5.74, 6) is 4.94. The van der Waals surface area contributed by atoms with Gasteiger partial charge in [0, 0.05) is 5.69 Å². The number of alkyl halides is 3. The minimum Gasteiger partial charge on any atom is -0.324 e. The number of anilines is 1. The first-order valence-corrected chi connectivity index (χ1v) is 5.52. The zero-order chi connectivity index (χ0) is 13.7. The van der Waals surface area contributed by atoms with Crippen molar-refractivity contribution in [3.8, 4) is 0 Å². The van der Waals surface area contributed by atoms with E-state index >= 15 is 0 Å². The summed E-state index contributed by atoms with van der Waals surface area (Å²) in [6.07, 6.45) is -4.31. The first-order chi connectivity index (χ1) is 7.54. The number of rotatable bonds is 1. The van der Waals surface area contributed by atoms with Crippen LogP contribution < -0.4 is 11.3 Å². The van der Waals surface area contributed by atoms with Crippen LogP contribution in [-0.2, 0) is 10.7 Å². The van der Waals surface area contributed by atoms with Crippen LogP contribution in [0.3, 0.4) is 0 Å². The third kappa shape index (κ3) is 8.66. The fourth-order valence-corrected chi connectivity index (χ4v) is 0.785. The van der Waals surface area contributed by atoms with Crippen molar-refractivity contribution in [3.63, 3.8) is 0 Å². The van der Waals surface area contributed by atoms with Gasteiger partial charge in [-0.05, 0) is 18.2 Å². The van der Waals surface area contributed by atoms with E-state index in [1.165, 1.54) is 12.1 Å². The predicted molar refractivity (Wildman–Crippen MR) is 53.5 cm³/mol. The van der Waals surface area contributed by atoms with Gasteiger partial charge < -0.3 is 20.1 Å². The SMILES string of the molecule is NNc1cccc(C(F)(F)F)c1.O=P(O)(O)O. The van der Waals surface area contributed by atoms with Crippen molar-refractivity contribution in [2.75, 3.05) is 5.43 Å². The molecule has 1 aromatic carbocycles. The lowest BCUT2D eigenvalue weighted by Gasteiger charge is -2.07. The molecule has 0 aliphatic heterocycles. The van der Waals surface area contributed by atoms with Crippen molar-refractivity contribution in [3.05, 3.63) is 29.8 Å². The molecular weight excluding hydrogens is 264 g/mol. The number of halogens is 3. The maximum atomic E-state index is 12.0. The Labute approximate surface area is 94.1 Å². The molecule has 0 unspecified atom stereocenters. The highest BCUT2D eigenvalue weighted by atomic mass is 31.2. The fraction of sp³-hybridized carbons (Fsp3) is 0.143. The third-order valence-electron chi connectivity index (χ3n) is 1.36. The average Bonchev–Trinajstić information content (AvgIpc) is 2.14. The Morgan fingerprint density at radius 3 is 2.06 bits per heavy atom. The molecule has 0 amide bonds. The normalized spacial score (nSPS) is 11.5. The highest BCUT2D eigenvalue weighted by Gasteiger charge is 2.30. The molecule has 0 aliphatic carbocycles. The third-order valence-corrected chi connectivity index (χ3v) is 1.36. The zero-order valence-electron chi connectivity index (χ0n) is 8.22. The molecule has 17 heavy (non-hydrogen) atoms. The van der Waals surface area contributed by atoms with Crippen LogP contribution in [0.25, 0.3) is 0 Å². The number of hydrogen-bond donors (Lipinski definition) is 5. The quantitative estimate of drug-likeness (QED) is 0.297. The van der Waals surface area contributed by atoms with Gasteiger partial charge in [-0.25, -0.2) is 4.57 Å². The number of nitrogens with one attached hydrogen (secondary N) is 1. The Morgan fingerprint density at radius 1 is 1.24 bits per heavy atom. The molecule has 1 aromatic rings. The Bertz CT molecular complexity index is 398. The van der Waals surface area contributed by atoms with Gasteiger partial charge in [0.1, 0.15) is 0 Å². The van der Waals surface area contributed by atoms with Crippen LogP contribution in [0, 0.1) is 0 Å². The predicted octanol–water partition coefficient (Wildman–Crippen LogP) is 1.06. The standard InChI is InChI=1S/C7H7F3N2.H3O4P/c8-7(9,10)5-2-1-3-6(4-5)12-11;1-5(2,3)4/h1-4,12H,11H2;(H3,1,2,3,4). The highest BCUT2D eigenvalue weighted by Crippen LogP contribution is 2.30. The van der Waals surface area contributed by atoms with E-state index in [9.17, 15) is 13.2 Å². The molecule has 1 rings (SSSR count). The Hall–Kier alpha value is -1.12. The van der Waals surface area contributed by atoms with Crippen molar-refractivity contribution in [2.45, 2.75) is 6.18 Å². The van der Waals surface area contributed by atoms with Crippen LogP contribution in [0.15, 0.2) is 24.3 Å². The van der Waals surface area contributed by atoms with E-state index in [-0.39, 0.29) is 5.69 Å². The smallest absolute Gasteiger partial charge is 0.324 e. The van der Waals surface area contributed by atoms with Crippen LogP contribution in [0.5, 0.6) is 0 Å². The lowest BCUT2D eigenvalue weighted by molar-refractivity contribution is -0.137. The van der Waals surface area contributed by atoms with Gasteiger partial charge in [0.15, 0.2) is 0 Å². The first kappa shape index (κ1) is 15.9. The van der Waals surface area contributed by atoms with Gasteiger partial charge in [-0.3, -0.25) is 5.84 Å². The van der Waals surface area contributed by atoms with E-state index in [0.717, 1.165) is 12.1 Å². The van der Waals surface area contributed by atoms with E-state index in [4.69, 9.17) is 25.1 Å². The second kappa shape index (κ2) is 5.99.